The molecule has 4 heavy (non-hydrogen) atoms. The van der Waals surface area contributed by atoms with Gasteiger partial charge in [0, 0.05) is 17.1 Å². The summed E-state index contributed by atoms with van der Waals surface area (Å²) in [6.07, 6.45) is 0. The van der Waals surface area contributed by atoms with E-state index >= 15 is 0 Å². The van der Waals surface area contributed by atoms with Crippen LogP contribution in [0.15, 0.2) is 0 Å². The van der Waals surface area contributed by atoms with Crippen molar-refractivity contribution >= 4 is 90.8 Å². The Morgan fingerprint density at radius 1 is 1.00 bits per heavy atom. The third-order valence-corrected chi connectivity index (χ3v) is 0. The zero-order valence-electron chi connectivity index (χ0n) is 1.06. The van der Waals surface area contributed by atoms with Crippen LogP contribution >= 0.6 is 9.90 Å². The summed E-state index contributed by atoms with van der Waals surface area (Å²) in [7, 11) is 0. The molecular formula is H5FeKNaP. The first-order chi connectivity index (χ1) is 0. The van der Waals surface area contributed by atoms with E-state index in [2.05, 4.69) is 0 Å². The van der Waals surface area contributed by atoms with Crippen molar-refractivity contribution in [3.63, 3.8) is 0 Å². The van der Waals surface area contributed by atoms with Crippen molar-refractivity contribution < 1.29 is 17.1 Å². The van der Waals surface area contributed by atoms with Crippen molar-refractivity contribution in [2.45, 2.75) is 0 Å². The van der Waals surface area contributed by atoms with E-state index in [1.54, 1.807) is 0 Å². The van der Waals surface area contributed by atoms with Gasteiger partial charge in [-0.1, -0.05) is 0 Å². The first kappa shape index (κ1) is 25.6. The zero-order chi connectivity index (χ0) is 0. The van der Waals surface area contributed by atoms with E-state index in [0.717, 1.165) is 0 Å². The normalized spacial score (nSPS) is 0. The Balaban J connectivity index is 0. The average Bonchev–Trinajstić information content (AvgIpc) is 0. The van der Waals surface area contributed by atoms with Crippen LogP contribution in [0.1, 0.15) is 0 Å². The Bertz CT molecular complexity index is 8.00. The number of hydrogen-bond donors (Lipinski definition) is 0. The Kier molecular flexibility index (Phi) is 102. The van der Waals surface area contributed by atoms with E-state index in [1.165, 1.54) is 0 Å². The first-order valence-corrected chi connectivity index (χ1v) is 0. The van der Waals surface area contributed by atoms with Gasteiger partial charge in [0.1, 0.15) is 0 Å². The summed E-state index contributed by atoms with van der Waals surface area (Å²) in [5.74, 6) is 0. The van der Waals surface area contributed by atoms with Gasteiger partial charge < -0.3 is 0 Å². The van der Waals surface area contributed by atoms with Gasteiger partial charge in [-0.3, -0.25) is 0 Å². The van der Waals surface area contributed by atoms with Crippen molar-refractivity contribution in [2.24, 2.45) is 0 Å². The molecule has 0 radical (unpaired) electrons. The average molecular weight is 154 g/mol. The SMILES string of the molecule is P.[Fe].[KH].[NaH]. The predicted octanol–water partition coefficient (Wildman–Crippen LogP) is -1.24. The van der Waals surface area contributed by atoms with Gasteiger partial charge >= 0.3 is 80.9 Å². The molecule has 20 valence electrons. The molecule has 0 rings (SSSR count). The number of hydrogen-bond acceptors (Lipinski definition) is 0. The Morgan fingerprint density at radius 2 is 1.00 bits per heavy atom. The van der Waals surface area contributed by atoms with Crippen LogP contribution in [-0.2, 0) is 17.1 Å². The van der Waals surface area contributed by atoms with Gasteiger partial charge in [0.15, 0.2) is 0 Å². The van der Waals surface area contributed by atoms with E-state index in [0.29, 0.717) is 0 Å². The molecule has 0 fully saturated rings. The third kappa shape index (κ3) is 9.14. The summed E-state index contributed by atoms with van der Waals surface area (Å²) < 4.78 is 0. The molecule has 0 bridgehead atoms. The van der Waals surface area contributed by atoms with Crippen LogP contribution in [0.4, 0.5) is 0 Å². The van der Waals surface area contributed by atoms with Crippen LogP contribution in [0.5, 0.6) is 0 Å². The molecule has 4 heteroatoms. The van der Waals surface area contributed by atoms with E-state index < -0.39 is 0 Å². The molecule has 0 saturated heterocycles. The van der Waals surface area contributed by atoms with Crippen molar-refractivity contribution in [1.82, 2.24) is 0 Å². The van der Waals surface area contributed by atoms with E-state index in [-0.39, 0.29) is 108 Å². The molecule has 0 spiro atoms. The minimum atomic E-state index is 0. The summed E-state index contributed by atoms with van der Waals surface area (Å²) in [6, 6.07) is 0. The van der Waals surface area contributed by atoms with Crippen molar-refractivity contribution in [1.29, 1.82) is 0 Å². The summed E-state index contributed by atoms with van der Waals surface area (Å²) >= 11 is 0. The van der Waals surface area contributed by atoms with Crippen molar-refractivity contribution in [3.8, 4) is 0 Å². The van der Waals surface area contributed by atoms with E-state index in [9.17, 15) is 0 Å². The molecule has 0 aliphatic heterocycles. The van der Waals surface area contributed by atoms with Gasteiger partial charge in [-0.15, -0.1) is 0 Å². The third-order valence-electron chi connectivity index (χ3n) is 0. The topological polar surface area (TPSA) is 0 Å². The molecule has 0 saturated carbocycles. The van der Waals surface area contributed by atoms with Gasteiger partial charge in [0.05, 0.1) is 0 Å². The first-order valence-electron chi connectivity index (χ1n) is 0. The molecule has 0 aromatic rings. The van der Waals surface area contributed by atoms with Crippen LogP contribution in [-0.4, -0.2) is 80.9 Å². The molecule has 0 nitrogen and oxygen atoms in total. The monoisotopic (exact) mass is 154 g/mol. The molecule has 1 atom stereocenters. The zero-order valence-corrected chi connectivity index (χ0v) is 3.58. The summed E-state index contributed by atoms with van der Waals surface area (Å²) in [4.78, 5) is 0. The van der Waals surface area contributed by atoms with Gasteiger partial charge in [0.25, 0.3) is 0 Å². The molecule has 0 aliphatic carbocycles. The van der Waals surface area contributed by atoms with Gasteiger partial charge in [0.2, 0.25) is 0 Å². The van der Waals surface area contributed by atoms with Crippen molar-refractivity contribution in [3.05, 3.63) is 0 Å². The van der Waals surface area contributed by atoms with Gasteiger partial charge in [-0.2, -0.15) is 9.90 Å². The van der Waals surface area contributed by atoms with Gasteiger partial charge in [-0.05, 0) is 0 Å². The molecule has 0 aromatic heterocycles. The Labute approximate surface area is 105 Å². The second-order valence-corrected chi connectivity index (χ2v) is 0. The maximum atomic E-state index is 0. The van der Waals surface area contributed by atoms with E-state index in [4.69, 9.17) is 0 Å². The van der Waals surface area contributed by atoms with Crippen LogP contribution < -0.4 is 0 Å². The molecule has 0 N–H and O–H groups in total. The summed E-state index contributed by atoms with van der Waals surface area (Å²) in [5, 5.41) is 0. The molecule has 0 aromatic carbocycles. The number of rotatable bonds is 0. The fraction of sp³-hybridized carbons (Fsp3) is 0. The maximum absolute atomic E-state index is 0. The van der Waals surface area contributed by atoms with Crippen LogP contribution in [0.3, 0.4) is 0 Å². The summed E-state index contributed by atoms with van der Waals surface area (Å²) in [6.45, 7) is 0. The standard InChI is InChI=1S/Fe.K.Na.H3P.2H/h;;;1H3;;. The van der Waals surface area contributed by atoms with E-state index in [1.807, 2.05) is 0 Å². The molecular weight excluding hydrogens is 149 g/mol. The van der Waals surface area contributed by atoms with Crippen LogP contribution in [0.25, 0.3) is 0 Å². The Hall–Kier alpha value is 3.59. The minimum absolute atomic E-state index is 0. The predicted molar refractivity (Wildman–Crippen MR) is 25.4 cm³/mol. The fourth-order valence-corrected chi connectivity index (χ4v) is 0. The van der Waals surface area contributed by atoms with Crippen LogP contribution in [0, 0.1) is 0 Å². The Morgan fingerprint density at radius 3 is 1.00 bits per heavy atom. The second-order valence-electron chi connectivity index (χ2n) is 0. The molecule has 0 heterocycles. The summed E-state index contributed by atoms with van der Waals surface area (Å²) in [5.41, 5.74) is 0. The molecule has 0 aliphatic rings. The quantitative estimate of drug-likeness (QED) is 0.302. The fourth-order valence-electron chi connectivity index (χ4n) is 0. The van der Waals surface area contributed by atoms with Gasteiger partial charge in [-0.25, -0.2) is 0 Å². The second kappa shape index (κ2) is 16.0. The molecule has 1 unspecified atom stereocenters. The molecule has 0 amide bonds. The van der Waals surface area contributed by atoms with Crippen LogP contribution in [0.2, 0.25) is 0 Å². The van der Waals surface area contributed by atoms with Crippen molar-refractivity contribution in [2.75, 3.05) is 0 Å².